The van der Waals surface area contributed by atoms with E-state index in [-0.39, 0.29) is 11.9 Å². The minimum absolute atomic E-state index is 0.122. The highest BCUT2D eigenvalue weighted by Gasteiger charge is 2.28. The minimum Gasteiger partial charge on any atom is -0.438 e. The first-order chi connectivity index (χ1) is 10.7. The Morgan fingerprint density at radius 3 is 2.68 bits per heavy atom. The van der Waals surface area contributed by atoms with Crippen LogP contribution < -0.4 is 5.32 Å². The van der Waals surface area contributed by atoms with Gasteiger partial charge in [0.1, 0.15) is 0 Å². The Hall–Kier alpha value is -1.36. The molecule has 1 aromatic heterocycles. The Bertz CT molecular complexity index is 492. The molecule has 5 heteroatoms. The summed E-state index contributed by atoms with van der Waals surface area (Å²) >= 11 is 0. The van der Waals surface area contributed by atoms with E-state index in [1.165, 1.54) is 51.5 Å². The number of likely N-dealkylation sites (tertiary alicyclic amines) is 1. The fourth-order valence-electron chi connectivity index (χ4n) is 3.85. The number of aryl methyl sites for hydroxylation is 1. The summed E-state index contributed by atoms with van der Waals surface area (Å²) in [7, 11) is 0. The zero-order valence-corrected chi connectivity index (χ0v) is 13.5. The molecule has 122 valence electrons. The number of hydrogen-bond donors (Lipinski definition) is 1. The van der Waals surface area contributed by atoms with Crippen LogP contribution in [0.2, 0.25) is 0 Å². The summed E-state index contributed by atoms with van der Waals surface area (Å²) in [6.45, 7) is 3.96. The van der Waals surface area contributed by atoms with Crippen LogP contribution in [0, 0.1) is 6.92 Å². The number of rotatable bonds is 3. The number of nitrogens with zero attached hydrogens (tertiary/aromatic N) is 2. The van der Waals surface area contributed by atoms with Crippen LogP contribution in [0.25, 0.3) is 0 Å². The van der Waals surface area contributed by atoms with Crippen LogP contribution in [0.15, 0.2) is 10.8 Å². The normalized spacial score (nSPS) is 24.9. The second kappa shape index (κ2) is 7.27. The lowest BCUT2D eigenvalue weighted by molar-refractivity contribution is 0.0834. The minimum atomic E-state index is -0.122. The number of hydrogen-bond acceptors (Lipinski definition) is 4. The van der Waals surface area contributed by atoms with Crippen LogP contribution in [-0.2, 0) is 0 Å². The van der Waals surface area contributed by atoms with Crippen molar-refractivity contribution in [2.75, 3.05) is 13.1 Å². The summed E-state index contributed by atoms with van der Waals surface area (Å²) in [5.74, 6) is 0.231. The summed E-state index contributed by atoms with van der Waals surface area (Å²) in [5, 5.41) is 3.13. The molecule has 2 aliphatic rings. The van der Waals surface area contributed by atoms with Gasteiger partial charge >= 0.3 is 0 Å². The second-order valence-corrected chi connectivity index (χ2v) is 6.72. The van der Waals surface area contributed by atoms with Gasteiger partial charge in [0.15, 0.2) is 6.39 Å². The topological polar surface area (TPSA) is 58.4 Å². The third-order valence-corrected chi connectivity index (χ3v) is 5.08. The van der Waals surface area contributed by atoms with E-state index in [1.54, 1.807) is 6.92 Å². The predicted molar refractivity (Wildman–Crippen MR) is 84.8 cm³/mol. The number of oxazole rings is 1. The maximum atomic E-state index is 12.3. The largest absolute Gasteiger partial charge is 0.438 e. The zero-order chi connectivity index (χ0) is 15.4. The lowest BCUT2D eigenvalue weighted by atomic mass is 10.00. The summed E-state index contributed by atoms with van der Waals surface area (Å²) in [5.41, 5.74) is 0.661. The molecule has 1 aromatic rings. The summed E-state index contributed by atoms with van der Waals surface area (Å²) in [6, 6.07) is 0.947. The van der Waals surface area contributed by atoms with Crippen LogP contribution in [0.4, 0.5) is 0 Å². The van der Waals surface area contributed by atoms with Crippen molar-refractivity contribution >= 4 is 5.91 Å². The summed E-state index contributed by atoms with van der Waals surface area (Å²) < 4.78 is 5.19. The van der Waals surface area contributed by atoms with E-state index in [9.17, 15) is 4.79 Å². The molecule has 1 aliphatic carbocycles. The number of carbonyl (C=O) groups excluding carboxylic acids is 1. The van der Waals surface area contributed by atoms with Crippen LogP contribution in [0.1, 0.15) is 67.6 Å². The Labute approximate surface area is 132 Å². The van der Waals surface area contributed by atoms with Gasteiger partial charge < -0.3 is 9.73 Å². The molecule has 0 radical (unpaired) electrons. The van der Waals surface area contributed by atoms with Crippen LogP contribution in [-0.4, -0.2) is 41.0 Å². The van der Waals surface area contributed by atoms with Crippen LogP contribution in [0.5, 0.6) is 0 Å². The molecule has 1 N–H and O–H groups in total. The van der Waals surface area contributed by atoms with Crippen molar-refractivity contribution in [2.45, 2.75) is 70.4 Å². The van der Waals surface area contributed by atoms with Gasteiger partial charge in [0, 0.05) is 18.6 Å². The molecule has 0 unspecified atom stereocenters. The molecule has 5 nitrogen and oxygen atoms in total. The second-order valence-electron chi connectivity index (χ2n) is 6.72. The highest BCUT2D eigenvalue weighted by Crippen LogP contribution is 2.24. The van der Waals surface area contributed by atoms with Crippen molar-refractivity contribution in [2.24, 2.45) is 0 Å². The Kier molecular flexibility index (Phi) is 5.13. The summed E-state index contributed by atoms with van der Waals surface area (Å²) in [6.07, 6.45) is 11.7. The van der Waals surface area contributed by atoms with Gasteiger partial charge in [0.25, 0.3) is 5.91 Å². The molecule has 3 rings (SSSR count). The maximum absolute atomic E-state index is 12.3. The summed E-state index contributed by atoms with van der Waals surface area (Å²) in [4.78, 5) is 18.9. The first kappa shape index (κ1) is 15.5. The molecule has 0 spiro atoms. The molecule has 1 aliphatic heterocycles. The Balaban J connectivity index is 1.56. The fourth-order valence-corrected chi connectivity index (χ4v) is 3.85. The van der Waals surface area contributed by atoms with Crippen molar-refractivity contribution in [3.63, 3.8) is 0 Å². The lowest BCUT2D eigenvalue weighted by Gasteiger charge is -2.38. The monoisotopic (exact) mass is 305 g/mol. The standard InChI is InChI=1S/C17H27N3O2/c1-13-16(22-12-18-13)17(21)19-14-7-6-10-20(11-14)15-8-4-2-3-5-9-15/h12,14-15H,2-11H2,1H3,(H,19,21)/t14-/m0/s1. The van der Waals surface area contributed by atoms with Crippen molar-refractivity contribution < 1.29 is 9.21 Å². The number of nitrogens with one attached hydrogen (secondary N) is 1. The maximum Gasteiger partial charge on any atom is 0.289 e. The van der Waals surface area contributed by atoms with Crippen molar-refractivity contribution in [1.29, 1.82) is 0 Å². The van der Waals surface area contributed by atoms with Crippen molar-refractivity contribution in [3.8, 4) is 0 Å². The molecule has 0 aromatic carbocycles. The average Bonchev–Trinajstić information content (AvgIpc) is 2.78. The first-order valence-electron chi connectivity index (χ1n) is 8.69. The number of aromatic nitrogens is 1. The zero-order valence-electron chi connectivity index (χ0n) is 13.5. The van der Waals surface area contributed by atoms with E-state index in [0.29, 0.717) is 17.5 Å². The quantitative estimate of drug-likeness (QED) is 0.872. The molecular weight excluding hydrogens is 278 g/mol. The first-order valence-corrected chi connectivity index (χ1v) is 8.69. The number of amides is 1. The van der Waals surface area contributed by atoms with Gasteiger partial charge in [-0.2, -0.15) is 0 Å². The molecule has 0 bridgehead atoms. The number of carbonyl (C=O) groups is 1. The molecule has 1 amide bonds. The van der Waals surface area contributed by atoms with Crippen molar-refractivity contribution in [1.82, 2.24) is 15.2 Å². The van der Waals surface area contributed by atoms with Crippen LogP contribution in [0.3, 0.4) is 0 Å². The SMILES string of the molecule is Cc1ncoc1C(=O)N[C@H]1CCCN(C2CCCCCC2)C1. The van der Waals surface area contributed by atoms with Gasteiger partial charge in [-0.1, -0.05) is 25.7 Å². The molecule has 2 fully saturated rings. The van der Waals surface area contributed by atoms with Crippen LogP contribution >= 0.6 is 0 Å². The van der Waals surface area contributed by atoms with Gasteiger partial charge in [-0.05, 0) is 39.2 Å². The lowest BCUT2D eigenvalue weighted by Crippen LogP contribution is -2.50. The van der Waals surface area contributed by atoms with E-state index in [2.05, 4.69) is 15.2 Å². The smallest absolute Gasteiger partial charge is 0.289 e. The van der Waals surface area contributed by atoms with E-state index in [0.717, 1.165) is 19.4 Å². The third kappa shape index (κ3) is 3.69. The third-order valence-electron chi connectivity index (χ3n) is 5.08. The van der Waals surface area contributed by atoms with Crippen molar-refractivity contribution in [3.05, 3.63) is 17.8 Å². The van der Waals surface area contributed by atoms with E-state index in [4.69, 9.17) is 4.42 Å². The van der Waals surface area contributed by atoms with Gasteiger partial charge in [0.05, 0.1) is 5.69 Å². The highest BCUT2D eigenvalue weighted by atomic mass is 16.3. The predicted octanol–water partition coefficient (Wildman–Crippen LogP) is 2.90. The van der Waals surface area contributed by atoms with E-state index >= 15 is 0 Å². The Morgan fingerprint density at radius 1 is 1.23 bits per heavy atom. The van der Waals surface area contributed by atoms with Gasteiger partial charge in [-0.3, -0.25) is 9.69 Å². The fraction of sp³-hybridized carbons (Fsp3) is 0.765. The van der Waals surface area contributed by atoms with E-state index < -0.39 is 0 Å². The molecular formula is C17H27N3O2. The molecule has 2 heterocycles. The molecule has 22 heavy (non-hydrogen) atoms. The van der Waals surface area contributed by atoms with Gasteiger partial charge in [-0.15, -0.1) is 0 Å². The molecule has 1 atom stereocenters. The molecule has 1 saturated heterocycles. The van der Waals surface area contributed by atoms with Gasteiger partial charge in [-0.25, -0.2) is 4.98 Å². The highest BCUT2D eigenvalue weighted by molar-refractivity contribution is 5.92. The van der Waals surface area contributed by atoms with Gasteiger partial charge in [0.2, 0.25) is 5.76 Å². The Morgan fingerprint density at radius 2 is 2.00 bits per heavy atom. The molecule has 1 saturated carbocycles. The van der Waals surface area contributed by atoms with E-state index in [1.807, 2.05) is 0 Å². The number of piperidine rings is 1. The average molecular weight is 305 g/mol.